The second-order valence-corrected chi connectivity index (χ2v) is 7.21. The van der Waals surface area contributed by atoms with Crippen molar-refractivity contribution in [1.29, 1.82) is 5.26 Å². The summed E-state index contributed by atoms with van der Waals surface area (Å²) in [4.78, 5) is 25.9. The van der Waals surface area contributed by atoms with E-state index >= 15 is 0 Å². The molecule has 0 radical (unpaired) electrons. The van der Waals surface area contributed by atoms with E-state index in [0.717, 1.165) is 29.3 Å². The number of nitrogens with two attached hydrogens (primary N) is 1. The number of alkyl halides is 2. The van der Waals surface area contributed by atoms with Crippen LogP contribution in [0.5, 0.6) is 0 Å². The normalized spacial score (nSPS) is 17.9. The van der Waals surface area contributed by atoms with Gasteiger partial charge in [-0.2, -0.15) is 5.26 Å². The summed E-state index contributed by atoms with van der Waals surface area (Å²) in [5.41, 5.74) is 2.83. The highest BCUT2D eigenvalue weighted by Crippen LogP contribution is 2.42. The van der Waals surface area contributed by atoms with Gasteiger partial charge in [-0.1, -0.05) is 0 Å². The highest BCUT2D eigenvalue weighted by atomic mass is 19.3. The van der Waals surface area contributed by atoms with Gasteiger partial charge in [0.1, 0.15) is 11.8 Å². The molecule has 3 aromatic rings. The second-order valence-electron chi connectivity index (χ2n) is 7.21. The third-order valence-corrected chi connectivity index (χ3v) is 5.29. The molecular formula is C22H14F4N6O. The van der Waals surface area contributed by atoms with E-state index in [-0.39, 0.29) is 33.8 Å². The molecule has 0 fully saturated rings. The Balaban J connectivity index is 2.02. The molecule has 0 spiro atoms. The van der Waals surface area contributed by atoms with Gasteiger partial charge >= 0.3 is 0 Å². The second kappa shape index (κ2) is 7.98. The highest BCUT2D eigenvalue weighted by molar-refractivity contribution is 6.09. The standard InChI is InChI=1S/C22H14F4N6O/c1-32-20(33)22(31-21(32)28,13-2-3-30-17(7-13)19(25)26)14-5-15(18(24)16(23)6-14)12-4-11(8-27)9-29-10-12/h2-7,9-10,19H,1H3,(H2,28,31). The van der Waals surface area contributed by atoms with E-state index in [2.05, 4.69) is 15.0 Å². The lowest BCUT2D eigenvalue weighted by Gasteiger charge is -2.27. The summed E-state index contributed by atoms with van der Waals surface area (Å²) in [6.07, 6.45) is 0.581. The predicted octanol–water partition coefficient (Wildman–Crippen LogP) is 3.26. The number of nitrogens with zero attached hydrogens (tertiary/aromatic N) is 5. The first-order valence-electron chi connectivity index (χ1n) is 9.42. The Hall–Kier alpha value is -4.33. The third-order valence-electron chi connectivity index (χ3n) is 5.29. The van der Waals surface area contributed by atoms with E-state index < -0.39 is 35.2 Å². The number of aromatic nitrogens is 2. The maximum atomic E-state index is 14.8. The zero-order valence-corrected chi connectivity index (χ0v) is 16.9. The molecule has 1 amide bonds. The number of guanidine groups is 1. The number of benzene rings is 1. The lowest BCUT2D eigenvalue weighted by Crippen LogP contribution is -2.41. The minimum Gasteiger partial charge on any atom is -0.369 e. The first kappa shape index (κ1) is 21.9. The summed E-state index contributed by atoms with van der Waals surface area (Å²) >= 11 is 0. The lowest BCUT2D eigenvalue weighted by molar-refractivity contribution is -0.129. The van der Waals surface area contributed by atoms with E-state index in [1.807, 2.05) is 6.07 Å². The van der Waals surface area contributed by atoms with Crippen LogP contribution in [-0.2, 0) is 10.3 Å². The molecule has 1 aliphatic rings. The Morgan fingerprint density at radius 1 is 1.15 bits per heavy atom. The van der Waals surface area contributed by atoms with Crippen molar-refractivity contribution < 1.29 is 22.4 Å². The van der Waals surface area contributed by atoms with Crippen molar-refractivity contribution in [2.45, 2.75) is 12.0 Å². The van der Waals surface area contributed by atoms with E-state index in [9.17, 15) is 22.4 Å². The summed E-state index contributed by atoms with van der Waals surface area (Å²) in [6, 6.07) is 7.31. The molecule has 33 heavy (non-hydrogen) atoms. The zero-order chi connectivity index (χ0) is 23.9. The average Bonchev–Trinajstić information content (AvgIpc) is 3.05. The summed E-state index contributed by atoms with van der Waals surface area (Å²) < 4.78 is 56.2. The SMILES string of the molecule is CN1C(=O)C(c2ccnc(C(F)F)c2)(c2cc(F)c(F)c(-c3cncc(C#N)c3)c2)N=C1N. The van der Waals surface area contributed by atoms with Crippen LogP contribution in [0.3, 0.4) is 0 Å². The topological polar surface area (TPSA) is 108 Å². The zero-order valence-electron chi connectivity index (χ0n) is 16.9. The Labute approximate surface area is 184 Å². The molecule has 166 valence electrons. The number of hydrogen-bond donors (Lipinski definition) is 1. The molecular weight excluding hydrogens is 440 g/mol. The molecule has 7 nitrogen and oxygen atoms in total. The van der Waals surface area contributed by atoms with E-state index in [4.69, 9.17) is 11.0 Å². The summed E-state index contributed by atoms with van der Waals surface area (Å²) in [5, 5.41) is 9.11. The average molecular weight is 454 g/mol. The summed E-state index contributed by atoms with van der Waals surface area (Å²) in [7, 11) is 1.32. The fourth-order valence-electron chi connectivity index (χ4n) is 3.63. The largest absolute Gasteiger partial charge is 0.369 e. The third kappa shape index (κ3) is 3.45. The molecule has 0 aliphatic carbocycles. The number of carbonyl (C=O) groups excluding carboxylic acids is 1. The number of aliphatic imine (C=N–C) groups is 1. The van der Waals surface area contributed by atoms with Crippen molar-refractivity contribution in [2.24, 2.45) is 10.7 Å². The minimum atomic E-state index is -2.95. The van der Waals surface area contributed by atoms with E-state index in [1.165, 1.54) is 31.6 Å². The number of amides is 1. The maximum absolute atomic E-state index is 14.8. The monoisotopic (exact) mass is 454 g/mol. The van der Waals surface area contributed by atoms with Gasteiger partial charge in [-0.05, 0) is 41.5 Å². The Morgan fingerprint density at radius 2 is 1.91 bits per heavy atom. The molecule has 3 heterocycles. The van der Waals surface area contributed by atoms with Crippen LogP contribution in [0.15, 0.2) is 53.9 Å². The number of rotatable bonds is 4. The van der Waals surface area contributed by atoms with Gasteiger partial charge in [-0.25, -0.2) is 22.6 Å². The van der Waals surface area contributed by atoms with Gasteiger partial charge in [0.2, 0.25) is 0 Å². The van der Waals surface area contributed by atoms with Crippen LogP contribution in [0.4, 0.5) is 17.6 Å². The number of pyridine rings is 2. The number of hydrogen-bond acceptors (Lipinski definition) is 6. The van der Waals surface area contributed by atoms with Crippen molar-refractivity contribution >= 4 is 11.9 Å². The van der Waals surface area contributed by atoms with Crippen molar-refractivity contribution in [1.82, 2.24) is 14.9 Å². The first-order chi connectivity index (χ1) is 15.7. The van der Waals surface area contributed by atoms with Gasteiger partial charge in [0.15, 0.2) is 23.1 Å². The molecule has 11 heteroatoms. The molecule has 1 aromatic carbocycles. The van der Waals surface area contributed by atoms with Crippen LogP contribution in [0.2, 0.25) is 0 Å². The van der Waals surface area contributed by atoms with Crippen molar-refractivity contribution in [3.63, 3.8) is 0 Å². The fraction of sp³-hybridized carbons (Fsp3) is 0.136. The van der Waals surface area contributed by atoms with Crippen LogP contribution in [-0.4, -0.2) is 33.8 Å². The number of nitriles is 1. The lowest BCUT2D eigenvalue weighted by atomic mass is 9.81. The number of halogens is 4. The van der Waals surface area contributed by atoms with Crippen LogP contribution in [0, 0.1) is 23.0 Å². The van der Waals surface area contributed by atoms with Crippen molar-refractivity contribution in [2.75, 3.05) is 7.05 Å². The van der Waals surface area contributed by atoms with E-state index in [1.54, 1.807) is 0 Å². The summed E-state index contributed by atoms with van der Waals surface area (Å²) in [5.74, 6) is -3.56. The quantitative estimate of drug-likeness (QED) is 0.609. The van der Waals surface area contributed by atoms with Crippen LogP contribution < -0.4 is 5.73 Å². The molecule has 1 atom stereocenters. The molecule has 1 aliphatic heterocycles. The fourth-order valence-corrected chi connectivity index (χ4v) is 3.63. The van der Waals surface area contributed by atoms with Gasteiger partial charge in [0.25, 0.3) is 12.3 Å². The molecule has 4 rings (SSSR count). The van der Waals surface area contributed by atoms with E-state index in [0.29, 0.717) is 0 Å². The van der Waals surface area contributed by atoms with Gasteiger partial charge in [0.05, 0.1) is 5.56 Å². The molecule has 2 N–H and O–H groups in total. The molecule has 0 bridgehead atoms. The van der Waals surface area contributed by atoms with Crippen molar-refractivity contribution in [3.05, 3.63) is 82.9 Å². The number of carbonyl (C=O) groups is 1. The molecule has 2 aromatic heterocycles. The smallest absolute Gasteiger partial charge is 0.280 e. The van der Waals surface area contributed by atoms with Crippen LogP contribution in [0.25, 0.3) is 11.1 Å². The maximum Gasteiger partial charge on any atom is 0.280 e. The molecule has 0 saturated carbocycles. The molecule has 0 saturated heterocycles. The Bertz CT molecular complexity index is 1350. The first-order valence-corrected chi connectivity index (χ1v) is 9.42. The predicted molar refractivity (Wildman–Crippen MR) is 109 cm³/mol. The summed E-state index contributed by atoms with van der Waals surface area (Å²) in [6.45, 7) is 0. The van der Waals surface area contributed by atoms with Crippen molar-refractivity contribution in [3.8, 4) is 17.2 Å². The van der Waals surface area contributed by atoms with Crippen LogP contribution >= 0.6 is 0 Å². The van der Waals surface area contributed by atoms with Gasteiger partial charge < -0.3 is 5.73 Å². The van der Waals surface area contributed by atoms with Crippen LogP contribution in [0.1, 0.15) is 28.8 Å². The van der Waals surface area contributed by atoms with Gasteiger partial charge in [-0.15, -0.1) is 0 Å². The Kier molecular flexibility index (Phi) is 5.29. The minimum absolute atomic E-state index is 0.0500. The Morgan fingerprint density at radius 3 is 2.55 bits per heavy atom. The molecule has 1 unspecified atom stereocenters. The highest BCUT2D eigenvalue weighted by Gasteiger charge is 2.50. The number of likely N-dealkylation sites (N-methyl/N-ethyl adjacent to an activating group) is 1. The van der Waals surface area contributed by atoms with Gasteiger partial charge in [-0.3, -0.25) is 19.7 Å². The van der Waals surface area contributed by atoms with Gasteiger partial charge in [0, 0.05) is 36.8 Å².